The number of benzene rings is 1. The third-order valence-corrected chi connectivity index (χ3v) is 4.15. The van der Waals surface area contributed by atoms with E-state index in [1.165, 1.54) is 25.0 Å². The Morgan fingerprint density at radius 2 is 2.00 bits per heavy atom. The molecule has 1 aromatic carbocycles. The molecule has 2 bridgehead atoms. The molecule has 0 spiro atoms. The summed E-state index contributed by atoms with van der Waals surface area (Å²) in [6.07, 6.45) is -1.09. The number of fused-ring (bicyclic) bond motifs is 2. The molecule has 0 saturated carbocycles. The minimum absolute atomic E-state index is 0.144. The third kappa shape index (κ3) is 4.11. The van der Waals surface area contributed by atoms with Gasteiger partial charge in [-0.25, -0.2) is 0 Å². The van der Waals surface area contributed by atoms with Crippen molar-refractivity contribution >= 4 is 0 Å². The average Bonchev–Trinajstić information content (AvgIpc) is 2.71. The zero-order chi connectivity index (χ0) is 14.9. The van der Waals surface area contributed by atoms with Crippen LogP contribution in [0.2, 0.25) is 0 Å². The van der Waals surface area contributed by atoms with Gasteiger partial charge in [0.1, 0.15) is 5.75 Å². The van der Waals surface area contributed by atoms with Crippen LogP contribution >= 0.6 is 0 Å². The Morgan fingerprint density at radius 1 is 1.19 bits per heavy atom. The van der Waals surface area contributed by atoms with Gasteiger partial charge in [0.25, 0.3) is 0 Å². The molecule has 21 heavy (non-hydrogen) atoms. The number of alkyl halides is 3. The molecule has 0 aliphatic carbocycles. The molecule has 2 saturated heterocycles. The van der Waals surface area contributed by atoms with Crippen molar-refractivity contribution in [3.8, 4) is 5.75 Å². The van der Waals surface area contributed by atoms with Crippen molar-refractivity contribution in [2.45, 2.75) is 44.3 Å². The van der Waals surface area contributed by atoms with Gasteiger partial charge >= 0.3 is 6.36 Å². The van der Waals surface area contributed by atoms with E-state index in [-0.39, 0.29) is 5.75 Å². The number of nitrogens with one attached hydrogen (secondary N) is 1. The molecule has 3 nitrogen and oxygen atoms in total. The highest BCUT2D eigenvalue weighted by Gasteiger charge is 2.31. The van der Waals surface area contributed by atoms with Crippen LogP contribution in [-0.2, 0) is 6.54 Å². The van der Waals surface area contributed by atoms with Crippen LogP contribution in [0.4, 0.5) is 13.2 Å². The zero-order valence-corrected chi connectivity index (χ0v) is 11.7. The van der Waals surface area contributed by atoms with E-state index in [2.05, 4.69) is 15.0 Å². The SMILES string of the molecule is FC(F)(F)Oc1cccc(CN2CCC3CCC(C2)N3)c1. The maximum absolute atomic E-state index is 12.2. The van der Waals surface area contributed by atoms with Crippen molar-refractivity contribution in [2.24, 2.45) is 0 Å². The number of ether oxygens (including phenoxy) is 1. The summed E-state index contributed by atoms with van der Waals surface area (Å²) in [4.78, 5) is 2.31. The van der Waals surface area contributed by atoms with Gasteiger partial charge in [0.2, 0.25) is 0 Å². The molecule has 2 heterocycles. The highest BCUT2D eigenvalue weighted by Crippen LogP contribution is 2.25. The fraction of sp³-hybridized carbons (Fsp3) is 0.600. The lowest BCUT2D eigenvalue weighted by Crippen LogP contribution is -2.34. The van der Waals surface area contributed by atoms with Crippen LogP contribution < -0.4 is 10.1 Å². The summed E-state index contributed by atoms with van der Waals surface area (Å²) in [5, 5.41) is 3.60. The van der Waals surface area contributed by atoms with E-state index >= 15 is 0 Å². The molecule has 2 aliphatic rings. The van der Waals surface area contributed by atoms with Crippen molar-refractivity contribution in [1.82, 2.24) is 10.2 Å². The molecular weight excluding hydrogens is 281 g/mol. The number of nitrogens with zero attached hydrogens (tertiary/aromatic N) is 1. The first kappa shape index (κ1) is 14.7. The summed E-state index contributed by atoms with van der Waals surface area (Å²) in [5.41, 5.74) is 0.856. The molecule has 6 heteroatoms. The minimum atomic E-state index is -4.63. The van der Waals surface area contributed by atoms with E-state index in [9.17, 15) is 13.2 Å². The van der Waals surface area contributed by atoms with Gasteiger partial charge < -0.3 is 10.1 Å². The third-order valence-electron chi connectivity index (χ3n) is 4.15. The van der Waals surface area contributed by atoms with Gasteiger partial charge in [-0.3, -0.25) is 4.90 Å². The van der Waals surface area contributed by atoms with Crippen molar-refractivity contribution < 1.29 is 17.9 Å². The highest BCUT2D eigenvalue weighted by molar-refractivity contribution is 5.28. The van der Waals surface area contributed by atoms with Gasteiger partial charge in [-0.15, -0.1) is 13.2 Å². The lowest BCUT2D eigenvalue weighted by atomic mass is 10.1. The molecule has 0 amide bonds. The van der Waals surface area contributed by atoms with Crippen LogP contribution in [-0.4, -0.2) is 36.4 Å². The zero-order valence-electron chi connectivity index (χ0n) is 11.7. The Kier molecular flexibility index (Phi) is 4.08. The Morgan fingerprint density at radius 3 is 2.81 bits per heavy atom. The molecule has 0 radical (unpaired) electrons. The molecule has 1 N–H and O–H groups in total. The van der Waals surface area contributed by atoms with Gasteiger partial charge in [0.15, 0.2) is 0 Å². The molecule has 0 aromatic heterocycles. The predicted molar refractivity (Wildman–Crippen MR) is 73.0 cm³/mol. The molecule has 116 valence electrons. The lowest BCUT2D eigenvalue weighted by molar-refractivity contribution is -0.274. The minimum Gasteiger partial charge on any atom is -0.406 e. The van der Waals surface area contributed by atoms with E-state index in [0.29, 0.717) is 18.6 Å². The molecular formula is C15H19F3N2O. The molecule has 3 rings (SSSR count). The van der Waals surface area contributed by atoms with Crippen molar-refractivity contribution in [3.63, 3.8) is 0 Å². The topological polar surface area (TPSA) is 24.5 Å². The Bertz CT molecular complexity index is 492. The fourth-order valence-corrected chi connectivity index (χ4v) is 3.26. The first-order valence-electron chi connectivity index (χ1n) is 7.31. The standard InChI is InChI=1S/C15H19F3N2O/c16-15(17,18)21-14-3-1-2-11(8-14)9-20-7-6-12-4-5-13(10-20)19-12/h1-3,8,12-13,19H,4-7,9-10H2. The Hall–Kier alpha value is -1.27. The summed E-state index contributed by atoms with van der Waals surface area (Å²) in [6.45, 7) is 2.61. The van der Waals surface area contributed by atoms with Crippen LogP contribution in [0.15, 0.2) is 24.3 Å². The Labute approximate surface area is 122 Å². The van der Waals surface area contributed by atoms with E-state index in [4.69, 9.17) is 0 Å². The molecule has 2 unspecified atom stereocenters. The second-order valence-corrected chi connectivity index (χ2v) is 5.86. The lowest BCUT2D eigenvalue weighted by Gasteiger charge is -2.24. The van der Waals surface area contributed by atoms with Crippen molar-refractivity contribution in [2.75, 3.05) is 13.1 Å². The number of halogens is 3. The van der Waals surface area contributed by atoms with Crippen LogP contribution in [0.1, 0.15) is 24.8 Å². The summed E-state index contributed by atoms with van der Waals surface area (Å²) in [6, 6.07) is 7.40. The van der Waals surface area contributed by atoms with Crippen molar-refractivity contribution in [1.29, 1.82) is 0 Å². The summed E-state index contributed by atoms with van der Waals surface area (Å²) in [5.74, 6) is -0.144. The van der Waals surface area contributed by atoms with E-state index in [1.54, 1.807) is 6.07 Å². The Balaban J connectivity index is 1.63. The van der Waals surface area contributed by atoms with Crippen LogP contribution in [0, 0.1) is 0 Å². The quantitative estimate of drug-likeness (QED) is 0.929. The van der Waals surface area contributed by atoms with Crippen LogP contribution in [0.5, 0.6) is 5.75 Å². The fourth-order valence-electron chi connectivity index (χ4n) is 3.26. The second-order valence-electron chi connectivity index (χ2n) is 5.86. The molecule has 2 atom stereocenters. The number of rotatable bonds is 3. The normalized spacial score (nSPS) is 26.6. The molecule has 2 aliphatic heterocycles. The van der Waals surface area contributed by atoms with Crippen molar-refractivity contribution in [3.05, 3.63) is 29.8 Å². The van der Waals surface area contributed by atoms with E-state index in [0.717, 1.165) is 25.1 Å². The largest absolute Gasteiger partial charge is 0.573 e. The van der Waals surface area contributed by atoms with Gasteiger partial charge in [0.05, 0.1) is 0 Å². The monoisotopic (exact) mass is 300 g/mol. The second kappa shape index (κ2) is 5.85. The van der Waals surface area contributed by atoms with Crippen LogP contribution in [0.3, 0.4) is 0 Å². The number of hydrogen-bond donors (Lipinski definition) is 1. The summed E-state index contributed by atoms with van der Waals surface area (Å²) < 4.78 is 40.7. The highest BCUT2D eigenvalue weighted by atomic mass is 19.4. The smallest absolute Gasteiger partial charge is 0.406 e. The van der Waals surface area contributed by atoms with Crippen LogP contribution in [0.25, 0.3) is 0 Å². The van der Waals surface area contributed by atoms with Gasteiger partial charge in [-0.05, 0) is 37.0 Å². The van der Waals surface area contributed by atoms with Gasteiger partial charge in [-0.1, -0.05) is 12.1 Å². The average molecular weight is 300 g/mol. The summed E-state index contributed by atoms with van der Waals surface area (Å²) >= 11 is 0. The molecule has 1 aromatic rings. The maximum atomic E-state index is 12.2. The first-order valence-corrected chi connectivity index (χ1v) is 7.31. The molecule has 2 fully saturated rings. The predicted octanol–water partition coefficient (Wildman–Crippen LogP) is 2.91. The number of hydrogen-bond acceptors (Lipinski definition) is 3. The van der Waals surface area contributed by atoms with Gasteiger partial charge in [-0.2, -0.15) is 0 Å². The number of likely N-dealkylation sites (tertiary alicyclic amines) is 1. The maximum Gasteiger partial charge on any atom is 0.573 e. The first-order chi connectivity index (χ1) is 9.98. The van der Waals surface area contributed by atoms with E-state index < -0.39 is 6.36 Å². The van der Waals surface area contributed by atoms with Gasteiger partial charge in [0, 0.05) is 31.7 Å². The summed E-state index contributed by atoms with van der Waals surface area (Å²) in [7, 11) is 0. The van der Waals surface area contributed by atoms with E-state index in [1.807, 2.05) is 6.07 Å².